The Balaban J connectivity index is 3.49. The van der Waals surface area contributed by atoms with Crippen LogP contribution in [0.2, 0.25) is 0 Å². The summed E-state index contributed by atoms with van der Waals surface area (Å²) in [5.41, 5.74) is -2.58. The molecule has 0 saturated carbocycles. The number of carbonyl (C=O) groups is 1. The molecule has 0 heterocycles. The minimum Gasteiger partial charge on any atom is -0.481 e. The van der Waals surface area contributed by atoms with Gasteiger partial charge in [-0.2, -0.15) is 0 Å². The second-order valence-electron chi connectivity index (χ2n) is 3.65. The lowest BCUT2D eigenvalue weighted by Gasteiger charge is -2.20. The predicted octanol–water partition coefficient (Wildman–Crippen LogP) is 2.47. The Hall–Kier alpha value is -1.52. The minimum atomic E-state index is -1.81. The molecule has 1 aromatic rings. The number of hydrogen-bond donors (Lipinski definition) is 1. The van der Waals surface area contributed by atoms with E-state index in [1.54, 1.807) is 0 Å². The summed E-state index contributed by atoms with van der Waals surface area (Å²) in [4.78, 5) is 10.8. The van der Waals surface area contributed by atoms with Crippen molar-refractivity contribution < 1.29 is 23.1 Å². The zero-order valence-corrected chi connectivity index (χ0v) is 8.14. The van der Waals surface area contributed by atoms with Crippen LogP contribution in [-0.4, -0.2) is 11.1 Å². The number of benzene rings is 1. The third-order valence-corrected chi connectivity index (χ3v) is 2.20. The van der Waals surface area contributed by atoms with Crippen molar-refractivity contribution in [1.29, 1.82) is 0 Å². The molecule has 0 fully saturated rings. The van der Waals surface area contributed by atoms with E-state index in [0.29, 0.717) is 12.1 Å². The van der Waals surface area contributed by atoms with Crippen LogP contribution in [0.3, 0.4) is 0 Å². The molecule has 1 N–H and O–H groups in total. The quantitative estimate of drug-likeness (QED) is 0.774. The molecule has 0 amide bonds. The summed E-state index contributed by atoms with van der Waals surface area (Å²) in [5, 5.41) is 8.78. The average Bonchev–Trinajstić information content (AvgIpc) is 2.11. The first-order chi connectivity index (χ1) is 6.78. The van der Waals surface area contributed by atoms with Gasteiger partial charge in [-0.05, 0) is 26.0 Å². The van der Waals surface area contributed by atoms with Crippen LogP contribution in [0.15, 0.2) is 12.1 Å². The standard InChI is InChI=1S/C10H9F3O2/c1-10(2,9(14)15)7-5(11)3-4-6(12)8(7)13/h3-4H,1-2H3,(H,14,15). The molecule has 82 valence electrons. The van der Waals surface area contributed by atoms with Gasteiger partial charge in [-0.3, -0.25) is 4.79 Å². The van der Waals surface area contributed by atoms with Crippen molar-refractivity contribution in [1.82, 2.24) is 0 Å². The molecule has 1 rings (SSSR count). The van der Waals surface area contributed by atoms with Gasteiger partial charge in [-0.1, -0.05) is 0 Å². The van der Waals surface area contributed by atoms with Crippen LogP contribution < -0.4 is 0 Å². The highest BCUT2D eigenvalue weighted by Gasteiger charge is 2.36. The van der Waals surface area contributed by atoms with Gasteiger partial charge in [0.15, 0.2) is 11.6 Å². The fourth-order valence-corrected chi connectivity index (χ4v) is 1.21. The number of aliphatic carboxylic acids is 1. The molecule has 0 saturated heterocycles. The van der Waals surface area contributed by atoms with Crippen molar-refractivity contribution in [3.05, 3.63) is 35.1 Å². The first-order valence-corrected chi connectivity index (χ1v) is 4.16. The van der Waals surface area contributed by atoms with Gasteiger partial charge in [0.1, 0.15) is 5.82 Å². The van der Waals surface area contributed by atoms with Gasteiger partial charge in [0, 0.05) is 5.56 Å². The summed E-state index contributed by atoms with van der Waals surface area (Å²) in [6.07, 6.45) is 0. The van der Waals surface area contributed by atoms with E-state index in [0.717, 1.165) is 13.8 Å². The Morgan fingerprint density at radius 1 is 1.20 bits per heavy atom. The molecule has 0 aliphatic heterocycles. The van der Waals surface area contributed by atoms with Crippen LogP contribution in [0.25, 0.3) is 0 Å². The molecular formula is C10H9F3O2. The van der Waals surface area contributed by atoms with Crippen molar-refractivity contribution in [2.24, 2.45) is 0 Å². The van der Waals surface area contributed by atoms with E-state index in [1.807, 2.05) is 0 Å². The molecule has 0 radical (unpaired) electrons. The number of carboxylic acids is 1. The van der Waals surface area contributed by atoms with Crippen molar-refractivity contribution in [3.63, 3.8) is 0 Å². The first kappa shape index (κ1) is 11.6. The lowest BCUT2D eigenvalue weighted by molar-refractivity contribution is -0.142. The summed E-state index contributed by atoms with van der Waals surface area (Å²) in [6, 6.07) is 1.32. The number of carboxylic acid groups (broad SMARTS) is 1. The number of hydrogen-bond acceptors (Lipinski definition) is 1. The van der Waals surface area contributed by atoms with Crippen molar-refractivity contribution in [3.8, 4) is 0 Å². The fraction of sp³-hybridized carbons (Fsp3) is 0.300. The Labute approximate surface area is 84.3 Å². The molecule has 0 spiro atoms. The van der Waals surface area contributed by atoms with E-state index in [1.165, 1.54) is 0 Å². The Bertz CT molecular complexity index is 413. The lowest BCUT2D eigenvalue weighted by Crippen LogP contribution is -2.31. The second-order valence-corrected chi connectivity index (χ2v) is 3.65. The SMILES string of the molecule is CC(C)(C(=O)O)c1c(F)ccc(F)c1F. The van der Waals surface area contributed by atoms with E-state index >= 15 is 0 Å². The van der Waals surface area contributed by atoms with Gasteiger partial charge in [0.25, 0.3) is 0 Å². The summed E-state index contributed by atoms with van der Waals surface area (Å²) in [6.45, 7) is 2.21. The van der Waals surface area contributed by atoms with Crippen molar-refractivity contribution in [2.45, 2.75) is 19.3 Å². The van der Waals surface area contributed by atoms with E-state index in [9.17, 15) is 18.0 Å². The maximum Gasteiger partial charge on any atom is 0.313 e. The Morgan fingerprint density at radius 2 is 1.67 bits per heavy atom. The zero-order chi connectivity index (χ0) is 11.8. The highest BCUT2D eigenvalue weighted by atomic mass is 19.2. The van der Waals surface area contributed by atoms with E-state index in [4.69, 9.17) is 5.11 Å². The molecule has 0 aliphatic rings. The highest BCUT2D eigenvalue weighted by Crippen LogP contribution is 2.29. The van der Waals surface area contributed by atoms with Gasteiger partial charge < -0.3 is 5.11 Å². The molecular weight excluding hydrogens is 209 g/mol. The predicted molar refractivity (Wildman–Crippen MR) is 47.0 cm³/mol. The third kappa shape index (κ3) is 1.82. The van der Waals surface area contributed by atoms with Crippen LogP contribution in [-0.2, 0) is 10.2 Å². The van der Waals surface area contributed by atoms with Crippen LogP contribution in [0, 0.1) is 17.5 Å². The van der Waals surface area contributed by atoms with Crippen LogP contribution in [0.4, 0.5) is 13.2 Å². The molecule has 0 atom stereocenters. The van der Waals surface area contributed by atoms with E-state index < -0.39 is 34.4 Å². The molecule has 0 unspecified atom stereocenters. The topological polar surface area (TPSA) is 37.3 Å². The Kier molecular flexibility index (Phi) is 2.75. The molecule has 1 aromatic carbocycles. The summed E-state index contributed by atoms with van der Waals surface area (Å²) >= 11 is 0. The van der Waals surface area contributed by atoms with Crippen LogP contribution in [0.1, 0.15) is 19.4 Å². The number of rotatable bonds is 2. The largest absolute Gasteiger partial charge is 0.481 e. The maximum atomic E-state index is 13.2. The zero-order valence-electron chi connectivity index (χ0n) is 8.14. The van der Waals surface area contributed by atoms with E-state index in [-0.39, 0.29) is 0 Å². The molecule has 0 bridgehead atoms. The molecule has 15 heavy (non-hydrogen) atoms. The van der Waals surface area contributed by atoms with Crippen LogP contribution in [0.5, 0.6) is 0 Å². The monoisotopic (exact) mass is 218 g/mol. The normalized spacial score (nSPS) is 11.5. The summed E-state index contributed by atoms with van der Waals surface area (Å²) in [7, 11) is 0. The second kappa shape index (κ2) is 3.56. The summed E-state index contributed by atoms with van der Waals surface area (Å²) in [5.74, 6) is -5.21. The summed E-state index contributed by atoms with van der Waals surface area (Å²) < 4.78 is 39.3. The maximum absolute atomic E-state index is 13.2. The molecule has 0 aromatic heterocycles. The number of halogens is 3. The minimum absolute atomic E-state index is 0.617. The van der Waals surface area contributed by atoms with Gasteiger partial charge in [-0.25, -0.2) is 13.2 Å². The first-order valence-electron chi connectivity index (χ1n) is 4.16. The molecule has 5 heteroatoms. The average molecular weight is 218 g/mol. The van der Waals surface area contributed by atoms with Gasteiger partial charge in [0.2, 0.25) is 0 Å². The van der Waals surface area contributed by atoms with Gasteiger partial charge >= 0.3 is 5.97 Å². The Morgan fingerprint density at radius 3 is 2.13 bits per heavy atom. The van der Waals surface area contributed by atoms with Crippen LogP contribution >= 0.6 is 0 Å². The fourth-order valence-electron chi connectivity index (χ4n) is 1.21. The van der Waals surface area contributed by atoms with Crippen molar-refractivity contribution >= 4 is 5.97 Å². The smallest absolute Gasteiger partial charge is 0.313 e. The molecule has 2 nitrogen and oxygen atoms in total. The van der Waals surface area contributed by atoms with Gasteiger partial charge in [-0.15, -0.1) is 0 Å². The van der Waals surface area contributed by atoms with E-state index in [2.05, 4.69) is 0 Å². The third-order valence-electron chi connectivity index (χ3n) is 2.20. The van der Waals surface area contributed by atoms with Crippen molar-refractivity contribution in [2.75, 3.05) is 0 Å². The lowest BCUT2D eigenvalue weighted by atomic mass is 9.84. The highest BCUT2D eigenvalue weighted by molar-refractivity contribution is 5.80. The molecule has 0 aliphatic carbocycles. The van der Waals surface area contributed by atoms with Gasteiger partial charge in [0.05, 0.1) is 5.41 Å².